The number of ether oxygens (including phenoxy) is 1. The second kappa shape index (κ2) is 8.05. The lowest BCUT2D eigenvalue weighted by atomic mass is 10.1. The summed E-state index contributed by atoms with van der Waals surface area (Å²) in [7, 11) is 0. The number of hydrogen-bond acceptors (Lipinski definition) is 5. The minimum Gasteiger partial charge on any atom is -0.481 e. The maximum absolute atomic E-state index is 9.00. The fourth-order valence-corrected chi connectivity index (χ4v) is 3.17. The van der Waals surface area contributed by atoms with Gasteiger partial charge in [0, 0.05) is 25.9 Å². The van der Waals surface area contributed by atoms with E-state index in [4.69, 9.17) is 14.6 Å². The van der Waals surface area contributed by atoms with Gasteiger partial charge in [-0.15, -0.1) is 11.3 Å². The Balaban J connectivity index is 0.000000396. The Bertz CT molecular complexity index is 599. The van der Waals surface area contributed by atoms with Crippen LogP contribution in [0, 0.1) is 6.92 Å². The highest BCUT2D eigenvalue weighted by molar-refractivity contribution is 7.13. The van der Waals surface area contributed by atoms with Crippen molar-refractivity contribution in [1.29, 1.82) is 0 Å². The number of aliphatic carboxylic acids is 1. The topological polar surface area (TPSA) is 77.2 Å². The summed E-state index contributed by atoms with van der Waals surface area (Å²) in [4.78, 5) is 18.9. The van der Waals surface area contributed by atoms with Crippen molar-refractivity contribution in [2.45, 2.75) is 45.8 Å². The van der Waals surface area contributed by atoms with Crippen LogP contribution >= 0.6 is 11.3 Å². The number of aromatic nitrogens is 3. The van der Waals surface area contributed by atoms with Gasteiger partial charge in [0.1, 0.15) is 0 Å². The Morgan fingerprint density at radius 2 is 2.27 bits per heavy atom. The monoisotopic (exact) mass is 323 g/mol. The molecule has 0 spiro atoms. The van der Waals surface area contributed by atoms with Crippen LogP contribution in [-0.2, 0) is 16.1 Å². The van der Waals surface area contributed by atoms with Gasteiger partial charge in [-0.05, 0) is 26.2 Å². The van der Waals surface area contributed by atoms with Gasteiger partial charge in [0.25, 0.3) is 5.97 Å². The number of nitrogens with zero attached hydrogens (tertiary/aromatic N) is 3. The summed E-state index contributed by atoms with van der Waals surface area (Å²) in [6.07, 6.45) is 7.85. The highest BCUT2D eigenvalue weighted by Crippen LogP contribution is 2.26. The van der Waals surface area contributed by atoms with Crippen molar-refractivity contribution in [3.05, 3.63) is 23.6 Å². The van der Waals surface area contributed by atoms with Gasteiger partial charge in [0.2, 0.25) is 0 Å². The van der Waals surface area contributed by atoms with E-state index in [-0.39, 0.29) is 0 Å². The van der Waals surface area contributed by atoms with Crippen molar-refractivity contribution in [2.75, 3.05) is 6.61 Å². The molecule has 22 heavy (non-hydrogen) atoms. The van der Waals surface area contributed by atoms with E-state index in [1.165, 1.54) is 12.8 Å². The van der Waals surface area contributed by atoms with Crippen molar-refractivity contribution >= 4 is 17.3 Å². The van der Waals surface area contributed by atoms with Crippen molar-refractivity contribution in [2.24, 2.45) is 0 Å². The lowest BCUT2D eigenvalue weighted by Gasteiger charge is -2.23. The maximum Gasteiger partial charge on any atom is 0.300 e. The molecule has 1 N–H and O–H groups in total. The Labute approximate surface area is 133 Å². The summed E-state index contributed by atoms with van der Waals surface area (Å²) in [6, 6.07) is 0. The maximum atomic E-state index is 9.00. The first kappa shape index (κ1) is 16.6. The summed E-state index contributed by atoms with van der Waals surface area (Å²) in [5, 5.41) is 7.42. The van der Waals surface area contributed by atoms with Crippen LogP contribution < -0.4 is 0 Å². The number of carboxylic acids is 1. The molecule has 3 heterocycles. The number of hydrogen-bond donors (Lipinski definition) is 1. The normalized spacial score (nSPS) is 17.6. The smallest absolute Gasteiger partial charge is 0.300 e. The lowest BCUT2D eigenvalue weighted by Crippen LogP contribution is -2.24. The van der Waals surface area contributed by atoms with E-state index in [1.54, 1.807) is 11.3 Å². The zero-order valence-electron chi connectivity index (χ0n) is 12.9. The highest BCUT2D eigenvalue weighted by atomic mass is 32.1. The summed E-state index contributed by atoms with van der Waals surface area (Å²) in [5.41, 5.74) is 2.93. The quantitative estimate of drug-likeness (QED) is 0.939. The molecule has 1 fully saturated rings. The largest absolute Gasteiger partial charge is 0.481 e. The van der Waals surface area contributed by atoms with Crippen LogP contribution in [0.3, 0.4) is 0 Å². The molecule has 0 aliphatic carbocycles. The molecule has 1 aliphatic rings. The van der Waals surface area contributed by atoms with E-state index in [9.17, 15) is 0 Å². The Morgan fingerprint density at radius 3 is 2.86 bits per heavy atom. The lowest BCUT2D eigenvalue weighted by molar-refractivity contribution is -0.134. The van der Waals surface area contributed by atoms with Crippen LogP contribution in [0.4, 0.5) is 0 Å². The van der Waals surface area contributed by atoms with Gasteiger partial charge in [-0.3, -0.25) is 4.79 Å². The molecule has 0 bridgehead atoms. The molecule has 0 aromatic carbocycles. The molecule has 0 amide bonds. The standard InChI is InChI=1S/C13H17N3OS.C2H4O2/c1-10-12(18-9-15-10)13-14-5-6-16(13)8-11-4-2-3-7-17-11;1-2(3)4/h5-6,9,11H,2-4,7-8H2,1H3;1H3,(H,3,4). The molecule has 0 saturated carbocycles. The average molecular weight is 323 g/mol. The Kier molecular flexibility index (Phi) is 6.09. The molecule has 1 unspecified atom stereocenters. The molecule has 6 nitrogen and oxygen atoms in total. The minimum atomic E-state index is -0.833. The van der Waals surface area contributed by atoms with E-state index in [0.717, 1.165) is 42.9 Å². The molecule has 1 aliphatic heterocycles. The van der Waals surface area contributed by atoms with Crippen molar-refractivity contribution in [1.82, 2.24) is 14.5 Å². The number of rotatable bonds is 3. The van der Waals surface area contributed by atoms with Gasteiger partial charge < -0.3 is 14.4 Å². The minimum absolute atomic E-state index is 0.333. The first-order chi connectivity index (χ1) is 10.6. The third kappa shape index (κ3) is 4.64. The molecule has 3 rings (SSSR count). The number of aryl methyl sites for hydroxylation is 1. The van der Waals surface area contributed by atoms with Crippen molar-refractivity contribution in [3.63, 3.8) is 0 Å². The van der Waals surface area contributed by atoms with Gasteiger partial charge in [-0.25, -0.2) is 9.97 Å². The summed E-state index contributed by atoms with van der Waals surface area (Å²) in [5.74, 6) is 0.184. The zero-order valence-corrected chi connectivity index (χ0v) is 13.7. The molecule has 2 aromatic heterocycles. The fourth-order valence-electron chi connectivity index (χ4n) is 2.35. The first-order valence-corrected chi connectivity index (χ1v) is 8.18. The Morgan fingerprint density at radius 1 is 1.50 bits per heavy atom. The summed E-state index contributed by atoms with van der Waals surface area (Å²) in [6.45, 7) is 4.91. The van der Waals surface area contributed by atoms with E-state index in [2.05, 4.69) is 14.5 Å². The predicted molar refractivity (Wildman–Crippen MR) is 85.0 cm³/mol. The molecule has 2 aromatic rings. The zero-order chi connectivity index (χ0) is 15.9. The van der Waals surface area contributed by atoms with Crippen molar-refractivity contribution < 1.29 is 14.6 Å². The van der Waals surface area contributed by atoms with Gasteiger partial charge in [0.15, 0.2) is 5.82 Å². The molecule has 120 valence electrons. The van der Waals surface area contributed by atoms with Gasteiger partial charge in [-0.2, -0.15) is 0 Å². The molecule has 0 radical (unpaired) electrons. The average Bonchev–Trinajstić information content (AvgIpc) is 3.08. The van der Waals surface area contributed by atoms with Crippen LogP contribution in [0.15, 0.2) is 17.9 Å². The molecular weight excluding hydrogens is 302 g/mol. The number of thiazole rings is 1. The van der Waals surface area contributed by atoms with Gasteiger partial charge in [-0.1, -0.05) is 0 Å². The first-order valence-electron chi connectivity index (χ1n) is 7.30. The summed E-state index contributed by atoms with van der Waals surface area (Å²) >= 11 is 1.65. The van der Waals surface area contributed by atoms with Crippen LogP contribution in [0.1, 0.15) is 31.9 Å². The summed E-state index contributed by atoms with van der Waals surface area (Å²) < 4.78 is 7.98. The van der Waals surface area contributed by atoms with Crippen LogP contribution in [0.2, 0.25) is 0 Å². The van der Waals surface area contributed by atoms with Crippen LogP contribution in [0.5, 0.6) is 0 Å². The van der Waals surface area contributed by atoms with Gasteiger partial charge in [0.05, 0.1) is 28.7 Å². The fraction of sp³-hybridized carbons (Fsp3) is 0.533. The second-order valence-corrected chi connectivity index (χ2v) is 6.03. The third-order valence-electron chi connectivity index (χ3n) is 3.34. The van der Waals surface area contributed by atoms with E-state index >= 15 is 0 Å². The number of carbonyl (C=O) groups is 1. The third-order valence-corrected chi connectivity index (χ3v) is 4.26. The molecular formula is C15H21N3O3S. The highest BCUT2D eigenvalue weighted by Gasteiger charge is 2.17. The predicted octanol–water partition coefficient (Wildman–Crippen LogP) is 2.98. The molecule has 1 atom stereocenters. The number of carboxylic acid groups (broad SMARTS) is 1. The van der Waals surface area contributed by atoms with Crippen molar-refractivity contribution in [3.8, 4) is 10.7 Å². The van der Waals surface area contributed by atoms with Gasteiger partial charge >= 0.3 is 0 Å². The van der Waals surface area contributed by atoms with Crippen LogP contribution in [0.25, 0.3) is 10.7 Å². The molecule has 7 heteroatoms. The van der Waals surface area contributed by atoms with Crippen LogP contribution in [-0.4, -0.2) is 38.3 Å². The Hall–Kier alpha value is -1.73. The van der Waals surface area contributed by atoms with E-state index in [1.807, 2.05) is 24.8 Å². The van der Waals surface area contributed by atoms with E-state index in [0.29, 0.717) is 6.10 Å². The van der Waals surface area contributed by atoms with E-state index < -0.39 is 5.97 Å². The number of imidazole rings is 1. The molecule has 1 saturated heterocycles. The second-order valence-electron chi connectivity index (χ2n) is 5.18. The SMILES string of the molecule is CC(=O)O.Cc1ncsc1-c1nccn1CC1CCCCO1.